The van der Waals surface area contributed by atoms with Gasteiger partial charge in [-0.05, 0) is 36.8 Å². The summed E-state index contributed by atoms with van der Waals surface area (Å²) in [6.45, 7) is 2.02. The number of para-hydroxylation sites is 1. The molecule has 0 N–H and O–H groups in total. The molecule has 0 radical (unpaired) electrons. The molecule has 8 heteroatoms. The van der Waals surface area contributed by atoms with Crippen LogP contribution in [0.15, 0.2) is 91.5 Å². The summed E-state index contributed by atoms with van der Waals surface area (Å²) in [6.07, 6.45) is 5.12. The third-order valence-electron chi connectivity index (χ3n) is 6.29. The maximum atomic E-state index is 6.46. The van der Waals surface area contributed by atoms with Crippen molar-refractivity contribution in [3.05, 3.63) is 114 Å². The Morgan fingerprint density at radius 3 is 2.34 bits per heavy atom. The Labute approximate surface area is 200 Å². The van der Waals surface area contributed by atoms with Crippen LogP contribution in [0, 0.1) is 6.92 Å². The maximum Gasteiger partial charge on any atom is 0.230 e. The van der Waals surface area contributed by atoms with Crippen LogP contribution in [0.3, 0.4) is 0 Å². The molecule has 0 bridgehead atoms. The van der Waals surface area contributed by atoms with Gasteiger partial charge in [-0.2, -0.15) is 5.10 Å². The average molecular weight is 457 g/mol. The second-order valence-electron chi connectivity index (χ2n) is 8.40. The summed E-state index contributed by atoms with van der Waals surface area (Å²) in [5, 5.41) is 9.56. The predicted molar refractivity (Wildman–Crippen MR) is 130 cm³/mol. The molecular weight excluding hydrogens is 438 g/mol. The van der Waals surface area contributed by atoms with Gasteiger partial charge in [0.05, 0.1) is 28.4 Å². The van der Waals surface area contributed by atoms with Crippen molar-refractivity contribution in [1.82, 2.24) is 34.3 Å². The average Bonchev–Trinajstić information content (AvgIpc) is 3.50. The lowest BCUT2D eigenvalue weighted by molar-refractivity contribution is 0.402. The lowest BCUT2D eigenvalue weighted by Crippen LogP contribution is -2.16. The number of aromatic nitrogens is 7. The van der Waals surface area contributed by atoms with Crippen LogP contribution < -0.4 is 4.74 Å². The first kappa shape index (κ1) is 19.6. The summed E-state index contributed by atoms with van der Waals surface area (Å²) < 4.78 is 10.0. The van der Waals surface area contributed by atoms with Gasteiger partial charge in [-0.15, -0.1) is 5.10 Å². The van der Waals surface area contributed by atoms with Crippen LogP contribution in [0.25, 0.3) is 22.7 Å². The van der Waals surface area contributed by atoms with Crippen molar-refractivity contribution in [2.75, 3.05) is 0 Å². The van der Waals surface area contributed by atoms with Crippen molar-refractivity contribution in [3.63, 3.8) is 0 Å². The van der Waals surface area contributed by atoms with E-state index in [0.29, 0.717) is 23.2 Å². The van der Waals surface area contributed by atoms with Gasteiger partial charge < -0.3 is 4.74 Å². The molecule has 7 rings (SSSR count). The molecule has 168 valence electrons. The number of rotatable bonds is 3. The highest BCUT2D eigenvalue weighted by Crippen LogP contribution is 2.49. The van der Waals surface area contributed by atoms with Crippen molar-refractivity contribution in [3.8, 4) is 28.8 Å². The lowest BCUT2D eigenvalue weighted by Gasteiger charge is -2.26. The Hall–Kier alpha value is -4.85. The van der Waals surface area contributed by atoms with Crippen LogP contribution in [-0.2, 0) is 0 Å². The summed E-state index contributed by atoms with van der Waals surface area (Å²) in [6, 6.07) is 24.1. The number of nitrogens with zero attached hydrogens (tertiary/aromatic N) is 7. The van der Waals surface area contributed by atoms with E-state index in [1.807, 2.05) is 72.3 Å². The molecule has 1 aliphatic heterocycles. The molecule has 0 aliphatic carbocycles. The highest BCUT2D eigenvalue weighted by Gasteiger charge is 2.38. The van der Waals surface area contributed by atoms with E-state index in [9.17, 15) is 0 Å². The van der Waals surface area contributed by atoms with Crippen molar-refractivity contribution in [1.29, 1.82) is 0 Å². The number of benzene rings is 2. The van der Waals surface area contributed by atoms with E-state index in [2.05, 4.69) is 27.2 Å². The zero-order chi connectivity index (χ0) is 23.4. The molecule has 0 amide bonds. The SMILES string of the molecule is Cc1nn(-c2ccccc2)c2c1[C@@H](c1ccccc1)c1c(ncn3nc(-c4ccncc4)nc13)O2. The third-order valence-corrected chi connectivity index (χ3v) is 6.29. The quantitative estimate of drug-likeness (QED) is 0.373. The minimum atomic E-state index is -0.168. The van der Waals surface area contributed by atoms with E-state index in [1.54, 1.807) is 23.2 Å². The molecule has 5 heterocycles. The molecule has 4 aromatic heterocycles. The maximum absolute atomic E-state index is 6.46. The van der Waals surface area contributed by atoms with Crippen LogP contribution in [0.2, 0.25) is 0 Å². The zero-order valence-corrected chi connectivity index (χ0v) is 18.8. The van der Waals surface area contributed by atoms with Gasteiger partial charge >= 0.3 is 0 Å². The van der Waals surface area contributed by atoms with Gasteiger partial charge in [0.15, 0.2) is 11.5 Å². The van der Waals surface area contributed by atoms with Crippen molar-refractivity contribution in [2.24, 2.45) is 0 Å². The smallest absolute Gasteiger partial charge is 0.230 e. The van der Waals surface area contributed by atoms with Gasteiger partial charge in [0.25, 0.3) is 0 Å². The van der Waals surface area contributed by atoms with Crippen LogP contribution >= 0.6 is 0 Å². The van der Waals surface area contributed by atoms with Gasteiger partial charge in [0, 0.05) is 18.0 Å². The number of pyridine rings is 1. The summed E-state index contributed by atoms with van der Waals surface area (Å²) in [7, 11) is 0. The second-order valence-corrected chi connectivity index (χ2v) is 8.40. The molecule has 2 aromatic carbocycles. The molecule has 0 fully saturated rings. The Morgan fingerprint density at radius 1 is 0.829 bits per heavy atom. The van der Waals surface area contributed by atoms with Gasteiger partial charge in [-0.3, -0.25) is 4.98 Å². The molecule has 0 unspecified atom stereocenters. The normalized spacial score (nSPS) is 14.4. The Balaban J connectivity index is 1.50. The Bertz CT molecular complexity index is 1680. The van der Waals surface area contributed by atoms with E-state index in [4.69, 9.17) is 14.8 Å². The standard InChI is InChI=1S/C27H19N7O/c1-17-21-22(18-8-4-2-5-9-18)23-25-30-24(19-12-14-28-15-13-19)32-33(25)16-29-26(23)35-27(21)34(31-17)20-10-6-3-7-11-20/h2-16,22H,1H3/t22-/m1/s1. The van der Waals surface area contributed by atoms with Crippen molar-refractivity contribution in [2.45, 2.75) is 12.8 Å². The van der Waals surface area contributed by atoms with Gasteiger partial charge in [-0.1, -0.05) is 48.5 Å². The van der Waals surface area contributed by atoms with Crippen LogP contribution in [-0.4, -0.2) is 34.3 Å². The fraction of sp³-hybridized carbons (Fsp3) is 0.0741. The first-order valence-electron chi connectivity index (χ1n) is 11.3. The monoisotopic (exact) mass is 457 g/mol. The molecule has 0 saturated heterocycles. The number of hydrogen-bond donors (Lipinski definition) is 0. The largest absolute Gasteiger partial charge is 0.420 e. The van der Waals surface area contributed by atoms with Crippen molar-refractivity contribution < 1.29 is 4.74 Å². The van der Waals surface area contributed by atoms with E-state index >= 15 is 0 Å². The Morgan fingerprint density at radius 2 is 1.57 bits per heavy atom. The van der Waals surface area contributed by atoms with Gasteiger partial charge in [0.2, 0.25) is 11.8 Å². The van der Waals surface area contributed by atoms with E-state index in [0.717, 1.165) is 33.6 Å². The first-order valence-corrected chi connectivity index (χ1v) is 11.3. The lowest BCUT2D eigenvalue weighted by atomic mass is 9.84. The second kappa shape index (κ2) is 7.59. The first-order chi connectivity index (χ1) is 17.3. The zero-order valence-electron chi connectivity index (χ0n) is 18.8. The number of aryl methyl sites for hydroxylation is 1. The van der Waals surface area contributed by atoms with Crippen LogP contribution in [0.1, 0.15) is 28.3 Å². The molecule has 1 aliphatic rings. The Kier molecular flexibility index (Phi) is 4.25. The molecule has 8 nitrogen and oxygen atoms in total. The summed E-state index contributed by atoms with van der Waals surface area (Å²) in [4.78, 5) is 13.7. The summed E-state index contributed by atoms with van der Waals surface area (Å²) >= 11 is 0. The number of fused-ring (bicyclic) bond motifs is 4. The number of hydrogen-bond acceptors (Lipinski definition) is 6. The van der Waals surface area contributed by atoms with E-state index < -0.39 is 0 Å². The van der Waals surface area contributed by atoms with Crippen LogP contribution in [0.5, 0.6) is 11.8 Å². The molecule has 35 heavy (non-hydrogen) atoms. The van der Waals surface area contributed by atoms with Gasteiger partial charge in [-0.25, -0.2) is 19.2 Å². The van der Waals surface area contributed by atoms with E-state index in [1.165, 1.54) is 0 Å². The minimum absolute atomic E-state index is 0.168. The highest BCUT2D eigenvalue weighted by molar-refractivity contribution is 5.68. The fourth-order valence-corrected chi connectivity index (χ4v) is 4.72. The summed E-state index contributed by atoms with van der Waals surface area (Å²) in [5.41, 5.74) is 6.38. The van der Waals surface area contributed by atoms with E-state index in [-0.39, 0.29) is 5.92 Å². The molecular formula is C27H19N7O. The topological polar surface area (TPSA) is 83.0 Å². The molecule has 0 saturated carbocycles. The summed E-state index contributed by atoms with van der Waals surface area (Å²) in [5.74, 6) is 1.61. The highest BCUT2D eigenvalue weighted by atomic mass is 16.5. The van der Waals surface area contributed by atoms with Crippen molar-refractivity contribution >= 4 is 5.65 Å². The number of ether oxygens (including phenoxy) is 1. The molecule has 6 aromatic rings. The molecule has 1 atom stereocenters. The predicted octanol–water partition coefficient (Wildman–Crippen LogP) is 4.97. The molecule has 0 spiro atoms. The third kappa shape index (κ3) is 3.03. The van der Waals surface area contributed by atoms with Gasteiger partial charge in [0.1, 0.15) is 6.33 Å². The minimum Gasteiger partial charge on any atom is -0.420 e. The van der Waals surface area contributed by atoms with Crippen LogP contribution in [0.4, 0.5) is 0 Å². The fourth-order valence-electron chi connectivity index (χ4n) is 4.72.